The summed E-state index contributed by atoms with van der Waals surface area (Å²) >= 11 is 0. The number of hydrogen-bond donors (Lipinski definition) is 0. The SMILES string of the molecule is Cc1noc(C)c1S(=O)(=O)N1CCCC(n2c(C)cnc2C2CCOCC2)C1. The monoisotopic (exact) mass is 408 g/mol. The van der Waals surface area contributed by atoms with Crippen LogP contribution in [0, 0.1) is 20.8 Å². The lowest BCUT2D eigenvalue weighted by atomic mass is 9.98. The summed E-state index contributed by atoms with van der Waals surface area (Å²) in [6.07, 6.45) is 5.60. The van der Waals surface area contributed by atoms with E-state index in [1.165, 1.54) is 0 Å². The highest BCUT2D eigenvalue weighted by molar-refractivity contribution is 7.89. The predicted octanol–water partition coefficient (Wildman–Crippen LogP) is 2.72. The fraction of sp³-hybridized carbons (Fsp3) is 0.684. The van der Waals surface area contributed by atoms with Gasteiger partial charge in [-0.05, 0) is 46.5 Å². The minimum atomic E-state index is -3.63. The van der Waals surface area contributed by atoms with Crippen molar-refractivity contribution >= 4 is 10.0 Å². The maximum absolute atomic E-state index is 13.3. The van der Waals surface area contributed by atoms with Crippen LogP contribution < -0.4 is 0 Å². The molecule has 0 aliphatic carbocycles. The molecule has 0 saturated carbocycles. The molecule has 0 bridgehead atoms. The first-order valence-electron chi connectivity index (χ1n) is 9.94. The smallest absolute Gasteiger partial charge is 0.248 e. The van der Waals surface area contributed by atoms with E-state index in [1.807, 2.05) is 6.20 Å². The molecule has 4 rings (SSSR count). The maximum Gasteiger partial charge on any atom is 0.248 e. The molecule has 0 amide bonds. The van der Waals surface area contributed by atoms with Crippen LogP contribution in [0.25, 0.3) is 0 Å². The molecular formula is C19H28N4O4S. The van der Waals surface area contributed by atoms with E-state index in [9.17, 15) is 8.42 Å². The highest BCUT2D eigenvalue weighted by atomic mass is 32.2. The van der Waals surface area contributed by atoms with Gasteiger partial charge < -0.3 is 13.8 Å². The van der Waals surface area contributed by atoms with Gasteiger partial charge in [-0.2, -0.15) is 4.31 Å². The first-order chi connectivity index (χ1) is 13.4. The van der Waals surface area contributed by atoms with Gasteiger partial charge in [-0.15, -0.1) is 0 Å². The molecule has 2 aromatic rings. The highest BCUT2D eigenvalue weighted by Gasteiger charge is 2.36. The molecule has 1 unspecified atom stereocenters. The van der Waals surface area contributed by atoms with Crippen LogP contribution in [0.15, 0.2) is 15.6 Å². The molecule has 8 nitrogen and oxygen atoms in total. The number of aryl methyl sites for hydroxylation is 3. The molecule has 2 aromatic heterocycles. The van der Waals surface area contributed by atoms with Gasteiger partial charge in [0.05, 0.1) is 0 Å². The zero-order valence-corrected chi connectivity index (χ0v) is 17.5. The Morgan fingerprint density at radius 1 is 1.14 bits per heavy atom. The second-order valence-corrected chi connectivity index (χ2v) is 9.70. The van der Waals surface area contributed by atoms with Crippen molar-refractivity contribution in [2.45, 2.75) is 63.3 Å². The molecular weight excluding hydrogens is 380 g/mol. The van der Waals surface area contributed by atoms with Crippen LogP contribution in [0.2, 0.25) is 0 Å². The molecule has 28 heavy (non-hydrogen) atoms. The minimum absolute atomic E-state index is 0.0874. The lowest BCUT2D eigenvalue weighted by molar-refractivity contribution is 0.0819. The summed E-state index contributed by atoms with van der Waals surface area (Å²) in [5, 5.41) is 3.83. The molecule has 2 aliphatic rings. The Bertz CT molecular complexity index is 924. The van der Waals surface area contributed by atoms with Gasteiger partial charge in [0.15, 0.2) is 5.76 Å². The molecule has 0 radical (unpaired) electrons. The summed E-state index contributed by atoms with van der Waals surface area (Å²) in [6, 6.07) is 0.0874. The Morgan fingerprint density at radius 2 is 1.89 bits per heavy atom. The quantitative estimate of drug-likeness (QED) is 0.773. The maximum atomic E-state index is 13.3. The van der Waals surface area contributed by atoms with Crippen LogP contribution in [0.5, 0.6) is 0 Å². The zero-order valence-electron chi connectivity index (χ0n) is 16.7. The van der Waals surface area contributed by atoms with E-state index in [4.69, 9.17) is 14.2 Å². The Balaban J connectivity index is 1.62. The average Bonchev–Trinajstić information content (AvgIpc) is 3.24. The van der Waals surface area contributed by atoms with E-state index in [1.54, 1.807) is 18.2 Å². The molecule has 0 spiro atoms. The van der Waals surface area contributed by atoms with Crippen LogP contribution in [0.3, 0.4) is 0 Å². The highest BCUT2D eigenvalue weighted by Crippen LogP contribution is 2.34. The fourth-order valence-electron chi connectivity index (χ4n) is 4.52. The summed E-state index contributed by atoms with van der Waals surface area (Å²) in [4.78, 5) is 4.90. The number of sulfonamides is 1. The minimum Gasteiger partial charge on any atom is -0.381 e. The van der Waals surface area contributed by atoms with Crippen molar-refractivity contribution in [3.05, 3.63) is 29.2 Å². The van der Waals surface area contributed by atoms with Crippen molar-refractivity contribution in [2.24, 2.45) is 0 Å². The van der Waals surface area contributed by atoms with Gasteiger partial charge >= 0.3 is 0 Å². The van der Waals surface area contributed by atoms with E-state index in [2.05, 4.69) is 16.6 Å². The van der Waals surface area contributed by atoms with Gasteiger partial charge in [-0.1, -0.05) is 5.16 Å². The predicted molar refractivity (Wildman–Crippen MR) is 103 cm³/mol. The van der Waals surface area contributed by atoms with Gasteiger partial charge in [0.25, 0.3) is 0 Å². The average molecular weight is 409 g/mol. The number of imidazole rings is 1. The van der Waals surface area contributed by atoms with Gasteiger partial charge in [0.1, 0.15) is 16.4 Å². The molecule has 2 fully saturated rings. The number of piperidine rings is 1. The van der Waals surface area contributed by atoms with Crippen LogP contribution in [0.4, 0.5) is 0 Å². The van der Waals surface area contributed by atoms with Gasteiger partial charge in [0, 0.05) is 50.2 Å². The molecule has 4 heterocycles. The number of ether oxygens (including phenoxy) is 1. The molecule has 154 valence electrons. The third kappa shape index (κ3) is 3.40. The summed E-state index contributed by atoms with van der Waals surface area (Å²) < 4.78 is 41.0. The molecule has 2 saturated heterocycles. The van der Waals surface area contributed by atoms with Crippen molar-refractivity contribution in [2.75, 3.05) is 26.3 Å². The van der Waals surface area contributed by atoms with E-state index >= 15 is 0 Å². The number of hydrogen-bond acceptors (Lipinski definition) is 6. The first kappa shape index (κ1) is 19.6. The van der Waals surface area contributed by atoms with E-state index in [0.717, 1.165) is 50.4 Å². The Morgan fingerprint density at radius 3 is 2.57 bits per heavy atom. The van der Waals surface area contributed by atoms with Gasteiger partial charge in [-0.25, -0.2) is 13.4 Å². The summed E-state index contributed by atoms with van der Waals surface area (Å²) in [6.45, 7) is 7.86. The molecule has 9 heteroatoms. The molecule has 0 N–H and O–H groups in total. The summed E-state index contributed by atoms with van der Waals surface area (Å²) in [5.41, 5.74) is 1.50. The van der Waals surface area contributed by atoms with E-state index in [0.29, 0.717) is 30.5 Å². The lowest BCUT2D eigenvalue weighted by Gasteiger charge is -2.35. The second-order valence-electron chi connectivity index (χ2n) is 7.83. The van der Waals surface area contributed by atoms with Crippen LogP contribution in [-0.2, 0) is 14.8 Å². The van der Waals surface area contributed by atoms with Crippen molar-refractivity contribution in [1.82, 2.24) is 19.0 Å². The lowest BCUT2D eigenvalue weighted by Crippen LogP contribution is -2.41. The number of aromatic nitrogens is 3. The van der Waals surface area contributed by atoms with Crippen molar-refractivity contribution < 1.29 is 17.7 Å². The molecule has 1 atom stereocenters. The molecule has 0 aromatic carbocycles. The Labute approximate surface area is 165 Å². The number of nitrogens with zero attached hydrogens (tertiary/aromatic N) is 4. The van der Waals surface area contributed by atoms with Gasteiger partial charge in [0.2, 0.25) is 10.0 Å². The molecule has 2 aliphatic heterocycles. The standard InChI is InChI=1S/C19H28N4O4S/c1-13-11-20-19(16-6-9-26-10-7-16)23(13)17-5-4-8-22(12-17)28(24,25)18-14(2)21-27-15(18)3/h11,16-17H,4-10,12H2,1-3H3. The van der Waals surface area contributed by atoms with E-state index in [-0.39, 0.29) is 10.9 Å². The normalized spacial score (nSPS) is 22.6. The van der Waals surface area contributed by atoms with Crippen molar-refractivity contribution in [3.8, 4) is 0 Å². The van der Waals surface area contributed by atoms with E-state index < -0.39 is 10.0 Å². The topological polar surface area (TPSA) is 90.5 Å². The van der Waals surface area contributed by atoms with Crippen LogP contribution in [-0.4, -0.2) is 53.7 Å². The second kappa shape index (κ2) is 7.61. The third-order valence-corrected chi connectivity index (χ3v) is 8.00. The number of rotatable bonds is 4. The van der Waals surface area contributed by atoms with Crippen LogP contribution >= 0.6 is 0 Å². The Hall–Kier alpha value is -1.71. The third-order valence-electron chi connectivity index (χ3n) is 5.89. The fourth-order valence-corrected chi connectivity index (χ4v) is 6.33. The summed E-state index contributed by atoms with van der Waals surface area (Å²) in [5.74, 6) is 1.79. The zero-order chi connectivity index (χ0) is 19.9. The largest absolute Gasteiger partial charge is 0.381 e. The van der Waals surface area contributed by atoms with Gasteiger partial charge in [-0.3, -0.25) is 0 Å². The van der Waals surface area contributed by atoms with Crippen LogP contribution in [0.1, 0.15) is 60.6 Å². The Kier molecular flexibility index (Phi) is 5.32. The first-order valence-corrected chi connectivity index (χ1v) is 11.4. The summed E-state index contributed by atoms with van der Waals surface area (Å²) in [7, 11) is -3.63. The van der Waals surface area contributed by atoms with Crippen molar-refractivity contribution in [1.29, 1.82) is 0 Å². The van der Waals surface area contributed by atoms with Crippen molar-refractivity contribution in [3.63, 3.8) is 0 Å².